The van der Waals surface area contributed by atoms with E-state index in [1.54, 1.807) is 35.2 Å². The molecular formula is C17H16N3O3S+. The Hall–Kier alpha value is -2.93. The van der Waals surface area contributed by atoms with E-state index in [-0.39, 0.29) is 11.5 Å². The molecule has 1 heterocycles. The normalized spacial score (nSPS) is 11.3. The van der Waals surface area contributed by atoms with E-state index < -0.39 is 11.0 Å². The Labute approximate surface area is 144 Å². The first-order chi connectivity index (χ1) is 11.5. The van der Waals surface area contributed by atoms with E-state index in [1.165, 1.54) is 24.3 Å². The van der Waals surface area contributed by atoms with Crippen molar-refractivity contribution >= 4 is 28.7 Å². The minimum Gasteiger partial charge on any atom is -0.370 e. The highest BCUT2D eigenvalue weighted by atomic mass is 32.1. The lowest BCUT2D eigenvalue weighted by Crippen LogP contribution is -2.51. The van der Waals surface area contributed by atoms with Crippen LogP contribution in [0.25, 0.3) is 0 Å². The second-order valence-electron chi connectivity index (χ2n) is 4.93. The zero-order chi connectivity index (χ0) is 17.5. The number of benzene rings is 1. The van der Waals surface area contributed by atoms with Crippen LogP contribution < -0.4 is 9.88 Å². The average Bonchev–Trinajstić information content (AvgIpc) is 2.61. The van der Waals surface area contributed by atoms with Gasteiger partial charge in [0.25, 0.3) is 11.7 Å². The number of nitro groups is 1. The highest BCUT2D eigenvalue weighted by Crippen LogP contribution is 2.16. The first-order valence-electron chi connectivity index (χ1n) is 7.17. The SMILES string of the molecule is C=CCNC(=S)C(C(=O)c1ccc([N+](=O)[O-])cc1)[n+]1ccccc1. The first kappa shape index (κ1) is 17.4. The fourth-order valence-electron chi connectivity index (χ4n) is 2.15. The van der Waals surface area contributed by atoms with E-state index in [2.05, 4.69) is 11.9 Å². The van der Waals surface area contributed by atoms with Crippen LogP contribution in [0, 0.1) is 10.1 Å². The molecule has 0 bridgehead atoms. The van der Waals surface area contributed by atoms with Gasteiger partial charge in [0.05, 0.1) is 4.92 Å². The summed E-state index contributed by atoms with van der Waals surface area (Å²) in [5.74, 6) is -0.248. The van der Waals surface area contributed by atoms with Crippen molar-refractivity contribution in [3.63, 3.8) is 0 Å². The number of thiocarbonyl (C=S) groups is 1. The smallest absolute Gasteiger partial charge is 0.270 e. The van der Waals surface area contributed by atoms with E-state index in [9.17, 15) is 14.9 Å². The maximum Gasteiger partial charge on any atom is 0.270 e. The van der Waals surface area contributed by atoms with Crippen molar-refractivity contribution in [2.24, 2.45) is 0 Å². The van der Waals surface area contributed by atoms with Crippen LogP contribution in [0.2, 0.25) is 0 Å². The fourth-order valence-corrected chi connectivity index (χ4v) is 2.46. The summed E-state index contributed by atoms with van der Waals surface area (Å²) < 4.78 is 1.70. The number of pyridine rings is 1. The van der Waals surface area contributed by atoms with Gasteiger partial charge in [-0.25, -0.2) is 0 Å². The number of ketones is 1. The van der Waals surface area contributed by atoms with Gasteiger partial charge in [-0.05, 0) is 12.1 Å². The van der Waals surface area contributed by atoms with E-state index >= 15 is 0 Å². The molecule has 1 aromatic heterocycles. The largest absolute Gasteiger partial charge is 0.370 e. The predicted molar refractivity (Wildman–Crippen MR) is 93.9 cm³/mol. The second-order valence-corrected chi connectivity index (χ2v) is 5.37. The van der Waals surface area contributed by atoms with Crippen molar-refractivity contribution in [2.45, 2.75) is 6.04 Å². The van der Waals surface area contributed by atoms with E-state index in [1.807, 2.05) is 6.07 Å². The number of carbonyl (C=O) groups is 1. The molecule has 1 unspecified atom stereocenters. The highest BCUT2D eigenvalue weighted by molar-refractivity contribution is 7.80. The molecule has 0 aliphatic carbocycles. The third kappa shape index (κ3) is 4.08. The topological polar surface area (TPSA) is 76.1 Å². The van der Waals surface area contributed by atoms with Gasteiger partial charge >= 0.3 is 0 Å². The summed E-state index contributed by atoms with van der Waals surface area (Å²) in [7, 11) is 0. The molecule has 1 aromatic carbocycles. The number of carbonyl (C=O) groups excluding carboxylic acids is 1. The van der Waals surface area contributed by atoms with Gasteiger partial charge < -0.3 is 5.32 Å². The number of nitrogens with zero attached hydrogens (tertiary/aromatic N) is 2. The average molecular weight is 342 g/mol. The molecule has 6 nitrogen and oxygen atoms in total. The zero-order valence-corrected chi connectivity index (χ0v) is 13.6. The monoisotopic (exact) mass is 342 g/mol. The molecule has 0 aliphatic heterocycles. The summed E-state index contributed by atoms with van der Waals surface area (Å²) in [6.07, 6.45) is 5.14. The minimum absolute atomic E-state index is 0.0668. The summed E-state index contributed by atoms with van der Waals surface area (Å²) >= 11 is 5.36. The van der Waals surface area contributed by atoms with Crippen LogP contribution in [-0.4, -0.2) is 22.2 Å². The number of hydrogen-bond acceptors (Lipinski definition) is 4. The minimum atomic E-state index is -0.734. The second kappa shape index (κ2) is 8.07. The van der Waals surface area contributed by atoms with Crippen LogP contribution in [0.4, 0.5) is 5.69 Å². The standard InChI is InChI=1S/C17H15N3O3S/c1-2-10-18-17(24)15(19-11-4-3-5-12-19)16(21)13-6-8-14(9-7-13)20(22)23/h2-9,11-12,15H,1,10H2/p+1. The Morgan fingerprint density at radius 1 is 1.29 bits per heavy atom. The Kier molecular flexibility index (Phi) is 5.86. The van der Waals surface area contributed by atoms with Crippen LogP contribution in [0.1, 0.15) is 16.4 Å². The molecule has 0 saturated heterocycles. The van der Waals surface area contributed by atoms with Crippen molar-refractivity contribution in [1.29, 1.82) is 0 Å². The Balaban J connectivity index is 2.35. The summed E-state index contributed by atoms with van der Waals surface area (Å²) in [6, 6.07) is 10.2. The molecule has 7 heteroatoms. The first-order valence-corrected chi connectivity index (χ1v) is 7.58. The lowest BCUT2D eigenvalue weighted by molar-refractivity contribution is -0.692. The van der Waals surface area contributed by atoms with Crippen molar-refractivity contribution < 1.29 is 14.3 Å². The fraction of sp³-hybridized carbons (Fsp3) is 0.118. The van der Waals surface area contributed by atoms with Gasteiger partial charge in [0.2, 0.25) is 5.78 Å². The van der Waals surface area contributed by atoms with Crippen LogP contribution in [-0.2, 0) is 0 Å². The number of Topliss-reactive ketones (excluding diaryl/α,β-unsaturated/α-hetero) is 1. The summed E-state index contributed by atoms with van der Waals surface area (Å²) in [4.78, 5) is 23.5. The molecule has 1 N–H and O–H groups in total. The van der Waals surface area contributed by atoms with Gasteiger partial charge in [0, 0.05) is 36.4 Å². The van der Waals surface area contributed by atoms with Gasteiger partial charge in [-0.1, -0.05) is 24.4 Å². The number of nitrogens with one attached hydrogen (secondary N) is 1. The van der Waals surface area contributed by atoms with Gasteiger partial charge in [0.1, 0.15) is 0 Å². The van der Waals surface area contributed by atoms with Crippen LogP contribution in [0.3, 0.4) is 0 Å². The van der Waals surface area contributed by atoms with E-state index in [0.29, 0.717) is 17.1 Å². The molecule has 122 valence electrons. The molecule has 24 heavy (non-hydrogen) atoms. The van der Waals surface area contributed by atoms with Gasteiger partial charge in [0.15, 0.2) is 17.4 Å². The van der Waals surface area contributed by atoms with Crippen molar-refractivity contribution in [3.8, 4) is 0 Å². The molecule has 0 fully saturated rings. The zero-order valence-electron chi connectivity index (χ0n) is 12.8. The van der Waals surface area contributed by atoms with Crippen molar-refractivity contribution in [3.05, 3.63) is 83.2 Å². The van der Waals surface area contributed by atoms with Crippen LogP contribution in [0.15, 0.2) is 67.5 Å². The maximum atomic E-state index is 12.9. The van der Waals surface area contributed by atoms with E-state index in [0.717, 1.165) is 0 Å². The number of non-ortho nitro benzene ring substituents is 1. The molecule has 0 aliphatic rings. The highest BCUT2D eigenvalue weighted by Gasteiger charge is 2.32. The summed E-state index contributed by atoms with van der Waals surface area (Å²) in [5.41, 5.74) is 0.285. The molecule has 0 radical (unpaired) electrons. The maximum absolute atomic E-state index is 12.9. The van der Waals surface area contributed by atoms with Gasteiger partial charge in [-0.2, -0.15) is 4.57 Å². The molecule has 0 spiro atoms. The third-order valence-electron chi connectivity index (χ3n) is 3.32. The molecule has 2 aromatic rings. The molecule has 1 atom stereocenters. The predicted octanol–water partition coefficient (Wildman–Crippen LogP) is 2.41. The third-order valence-corrected chi connectivity index (χ3v) is 3.68. The Bertz CT molecular complexity index is 760. The summed E-state index contributed by atoms with van der Waals surface area (Å²) in [5, 5.41) is 13.7. The Morgan fingerprint density at radius 2 is 1.92 bits per heavy atom. The van der Waals surface area contributed by atoms with Gasteiger partial charge in [-0.15, -0.1) is 6.58 Å². The van der Waals surface area contributed by atoms with Crippen molar-refractivity contribution in [2.75, 3.05) is 6.54 Å². The molecule has 0 saturated carbocycles. The van der Waals surface area contributed by atoms with Crippen LogP contribution >= 0.6 is 12.2 Å². The summed E-state index contributed by atoms with van der Waals surface area (Å²) in [6.45, 7) is 4.06. The molecule has 0 amide bonds. The quantitative estimate of drug-likeness (QED) is 0.209. The number of aromatic nitrogens is 1. The number of hydrogen-bond donors (Lipinski definition) is 1. The lowest BCUT2D eigenvalue weighted by atomic mass is 10.0. The van der Waals surface area contributed by atoms with Crippen LogP contribution in [0.5, 0.6) is 0 Å². The van der Waals surface area contributed by atoms with Gasteiger partial charge in [-0.3, -0.25) is 14.9 Å². The lowest BCUT2D eigenvalue weighted by Gasteiger charge is -2.13. The molecule has 2 rings (SSSR count). The Morgan fingerprint density at radius 3 is 2.46 bits per heavy atom. The van der Waals surface area contributed by atoms with E-state index in [4.69, 9.17) is 12.2 Å². The number of nitro benzene ring substituents is 1. The number of rotatable bonds is 7. The molecular weight excluding hydrogens is 326 g/mol. The van der Waals surface area contributed by atoms with Crippen molar-refractivity contribution in [1.82, 2.24) is 5.32 Å².